The van der Waals surface area contributed by atoms with Gasteiger partial charge < -0.3 is 15.4 Å². The SMILES string of the molecule is CC(C)NC(=O)c1ccc(NC2CCOc3ccccc32)c([N+](=O)[O-])c1. The molecule has 0 aromatic heterocycles. The van der Waals surface area contributed by atoms with Crippen molar-refractivity contribution in [2.45, 2.75) is 32.4 Å². The molecule has 0 bridgehead atoms. The van der Waals surface area contributed by atoms with Crippen LogP contribution in [0, 0.1) is 10.1 Å². The van der Waals surface area contributed by atoms with E-state index in [9.17, 15) is 14.9 Å². The molecule has 1 unspecified atom stereocenters. The minimum Gasteiger partial charge on any atom is -0.493 e. The third kappa shape index (κ3) is 3.77. The van der Waals surface area contributed by atoms with E-state index in [0.29, 0.717) is 18.7 Å². The number of nitro groups is 1. The highest BCUT2D eigenvalue weighted by molar-refractivity contribution is 5.95. The predicted octanol–water partition coefficient (Wildman–Crippen LogP) is 3.67. The van der Waals surface area contributed by atoms with Gasteiger partial charge in [0.2, 0.25) is 0 Å². The molecule has 1 aliphatic heterocycles. The Kier molecular flexibility index (Phi) is 5.06. The van der Waals surface area contributed by atoms with E-state index in [4.69, 9.17) is 4.74 Å². The van der Waals surface area contributed by atoms with Crippen molar-refractivity contribution in [2.75, 3.05) is 11.9 Å². The fraction of sp³-hybridized carbons (Fsp3) is 0.316. The van der Waals surface area contributed by atoms with Crippen molar-refractivity contribution in [1.29, 1.82) is 0 Å². The second-order valence-corrected chi connectivity index (χ2v) is 6.49. The normalized spacial score (nSPS) is 15.7. The minimum atomic E-state index is -0.473. The maximum atomic E-state index is 12.1. The van der Waals surface area contributed by atoms with Crippen LogP contribution in [0.1, 0.15) is 42.2 Å². The van der Waals surface area contributed by atoms with Gasteiger partial charge in [-0.2, -0.15) is 0 Å². The Bertz CT molecular complexity index is 835. The number of nitrogens with zero attached hydrogens (tertiary/aromatic N) is 1. The second kappa shape index (κ2) is 7.43. The van der Waals surface area contributed by atoms with E-state index in [0.717, 1.165) is 11.3 Å². The number of nitro benzene ring substituents is 1. The van der Waals surface area contributed by atoms with Crippen molar-refractivity contribution in [3.05, 3.63) is 63.7 Å². The number of hydrogen-bond acceptors (Lipinski definition) is 5. The highest BCUT2D eigenvalue weighted by atomic mass is 16.6. The third-order valence-corrected chi connectivity index (χ3v) is 4.16. The lowest BCUT2D eigenvalue weighted by Crippen LogP contribution is -2.30. The fourth-order valence-electron chi connectivity index (χ4n) is 2.97. The van der Waals surface area contributed by atoms with Gasteiger partial charge in [-0.1, -0.05) is 18.2 Å². The van der Waals surface area contributed by atoms with E-state index < -0.39 is 4.92 Å². The molecule has 1 aliphatic rings. The van der Waals surface area contributed by atoms with Crippen molar-refractivity contribution in [3.8, 4) is 5.75 Å². The summed E-state index contributed by atoms with van der Waals surface area (Å²) in [6.07, 6.45) is 0.698. The molecule has 7 heteroatoms. The molecule has 0 radical (unpaired) electrons. The van der Waals surface area contributed by atoms with Gasteiger partial charge in [-0.3, -0.25) is 14.9 Å². The molecule has 3 rings (SSSR count). The van der Waals surface area contributed by atoms with Crippen molar-refractivity contribution in [3.63, 3.8) is 0 Å². The molecule has 2 aromatic carbocycles. The first-order valence-corrected chi connectivity index (χ1v) is 8.53. The van der Waals surface area contributed by atoms with Crippen LogP contribution >= 0.6 is 0 Å². The van der Waals surface area contributed by atoms with Crippen molar-refractivity contribution in [1.82, 2.24) is 5.32 Å². The lowest BCUT2D eigenvalue weighted by molar-refractivity contribution is -0.384. The molecule has 26 heavy (non-hydrogen) atoms. The number of benzene rings is 2. The molecule has 0 fully saturated rings. The summed E-state index contributed by atoms with van der Waals surface area (Å²) >= 11 is 0. The summed E-state index contributed by atoms with van der Waals surface area (Å²) in [4.78, 5) is 23.2. The Labute approximate surface area is 151 Å². The number of hydrogen-bond donors (Lipinski definition) is 2. The Morgan fingerprint density at radius 3 is 2.77 bits per heavy atom. The van der Waals surface area contributed by atoms with Crippen LogP contribution in [-0.4, -0.2) is 23.5 Å². The van der Waals surface area contributed by atoms with Crippen LogP contribution in [0.3, 0.4) is 0 Å². The molecule has 1 amide bonds. The molecule has 0 aliphatic carbocycles. The summed E-state index contributed by atoms with van der Waals surface area (Å²) in [7, 11) is 0. The van der Waals surface area contributed by atoms with Crippen LogP contribution in [0.4, 0.5) is 11.4 Å². The fourth-order valence-corrected chi connectivity index (χ4v) is 2.97. The first-order valence-electron chi connectivity index (χ1n) is 8.53. The number of amides is 1. The van der Waals surface area contributed by atoms with E-state index in [1.54, 1.807) is 12.1 Å². The quantitative estimate of drug-likeness (QED) is 0.630. The van der Waals surface area contributed by atoms with Crippen LogP contribution in [0.25, 0.3) is 0 Å². The molecular formula is C19H21N3O4. The van der Waals surface area contributed by atoms with Crippen LogP contribution < -0.4 is 15.4 Å². The van der Waals surface area contributed by atoms with Gasteiger partial charge in [-0.05, 0) is 32.0 Å². The Morgan fingerprint density at radius 1 is 1.27 bits per heavy atom. The average Bonchev–Trinajstić information content (AvgIpc) is 2.61. The lowest BCUT2D eigenvalue weighted by atomic mass is 10.00. The molecule has 2 N–H and O–H groups in total. The summed E-state index contributed by atoms with van der Waals surface area (Å²) < 4.78 is 5.63. The van der Waals surface area contributed by atoms with E-state index >= 15 is 0 Å². The van der Waals surface area contributed by atoms with Crippen LogP contribution in [0.2, 0.25) is 0 Å². The number of fused-ring (bicyclic) bond motifs is 1. The number of ether oxygens (including phenoxy) is 1. The number of nitrogens with one attached hydrogen (secondary N) is 2. The highest BCUT2D eigenvalue weighted by Crippen LogP contribution is 2.36. The first-order chi connectivity index (χ1) is 12.5. The van der Waals surface area contributed by atoms with E-state index in [2.05, 4.69) is 10.6 Å². The van der Waals surface area contributed by atoms with E-state index in [-0.39, 0.29) is 29.2 Å². The summed E-state index contributed by atoms with van der Waals surface area (Å²) in [5.41, 5.74) is 1.50. The van der Waals surface area contributed by atoms with Crippen LogP contribution in [0.15, 0.2) is 42.5 Å². The van der Waals surface area contributed by atoms with E-state index in [1.165, 1.54) is 6.07 Å². The van der Waals surface area contributed by atoms with Gasteiger partial charge in [0.25, 0.3) is 11.6 Å². The van der Waals surface area contributed by atoms with Gasteiger partial charge in [0, 0.05) is 29.7 Å². The molecule has 1 heterocycles. The van der Waals surface area contributed by atoms with Crippen molar-refractivity contribution in [2.24, 2.45) is 0 Å². The number of anilines is 1. The zero-order valence-electron chi connectivity index (χ0n) is 14.7. The van der Waals surface area contributed by atoms with Crippen molar-refractivity contribution < 1.29 is 14.5 Å². The average molecular weight is 355 g/mol. The number of rotatable bonds is 5. The molecule has 0 saturated heterocycles. The third-order valence-electron chi connectivity index (χ3n) is 4.16. The topological polar surface area (TPSA) is 93.5 Å². The molecule has 2 aromatic rings. The predicted molar refractivity (Wildman–Crippen MR) is 98.6 cm³/mol. The van der Waals surface area contributed by atoms with Gasteiger partial charge in [0.1, 0.15) is 11.4 Å². The molecule has 0 saturated carbocycles. The zero-order chi connectivity index (χ0) is 18.7. The smallest absolute Gasteiger partial charge is 0.293 e. The summed E-state index contributed by atoms with van der Waals surface area (Å²) in [5.74, 6) is 0.456. The lowest BCUT2D eigenvalue weighted by Gasteiger charge is -2.27. The Hall–Kier alpha value is -3.09. The van der Waals surface area contributed by atoms with Crippen molar-refractivity contribution >= 4 is 17.3 Å². The monoisotopic (exact) mass is 355 g/mol. The molecule has 7 nitrogen and oxygen atoms in total. The largest absolute Gasteiger partial charge is 0.493 e. The van der Waals surface area contributed by atoms with Gasteiger partial charge in [0.15, 0.2) is 0 Å². The Morgan fingerprint density at radius 2 is 2.04 bits per heavy atom. The van der Waals surface area contributed by atoms with Crippen LogP contribution in [0.5, 0.6) is 5.75 Å². The molecule has 1 atom stereocenters. The van der Waals surface area contributed by atoms with E-state index in [1.807, 2.05) is 38.1 Å². The van der Waals surface area contributed by atoms with Gasteiger partial charge in [-0.15, -0.1) is 0 Å². The standard InChI is InChI=1S/C19H21N3O4/c1-12(2)20-19(23)13-7-8-16(17(11-13)22(24)25)21-15-9-10-26-18-6-4-3-5-14(15)18/h3-8,11-12,15,21H,9-10H2,1-2H3,(H,20,23). The number of carbonyl (C=O) groups is 1. The number of carbonyl (C=O) groups excluding carboxylic acids is 1. The second-order valence-electron chi connectivity index (χ2n) is 6.49. The number of para-hydroxylation sites is 1. The molecule has 0 spiro atoms. The summed E-state index contributed by atoms with van der Waals surface area (Å²) in [6, 6.07) is 12.0. The summed E-state index contributed by atoms with van der Waals surface area (Å²) in [5, 5.41) is 17.5. The van der Waals surface area contributed by atoms with Gasteiger partial charge in [0.05, 0.1) is 17.6 Å². The van der Waals surface area contributed by atoms with Crippen LogP contribution in [-0.2, 0) is 0 Å². The summed E-state index contributed by atoms with van der Waals surface area (Å²) in [6.45, 7) is 4.22. The van der Waals surface area contributed by atoms with Gasteiger partial charge in [-0.25, -0.2) is 0 Å². The van der Waals surface area contributed by atoms with Gasteiger partial charge >= 0.3 is 0 Å². The highest BCUT2D eigenvalue weighted by Gasteiger charge is 2.25. The molecular weight excluding hydrogens is 334 g/mol. The maximum Gasteiger partial charge on any atom is 0.293 e. The maximum absolute atomic E-state index is 12.1. The zero-order valence-corrected chi connectivity index (χ0v) is 14.7. The Balaban J connectivity index is 1.89. The first kappa shape index (κ1) is 17.7. The molecule has 136 valence electrons. The minimum absolute atomic E-state index is 0.0434.